The van der Waals surface area contributed by atoms with E-state index in [2.05, 4.69) is 20.0 Å². The standard InChI is InChI=1S/C10H26O3Si2/c1-6-11-14(4)9-10-15(5,12-7-2)13-8-3/h14H,6-10H2,1-5H3. The van der Waals surface area contributed by atoms with Crippen LogP contribution in [0, 0.1) is 0 Å². The Morgan fingerprint density at radius 2 is 1.53 bits per heavy atom. The summed E-state index contributed by atoms with van der Waals surface area (Å²) in [6, 6.07) is 2.23. The molecule has 0 radical (unpaired) electrons. The SMILES string of the molecule is CCO[SiH](C)CC[Si](C)(OCC)OCC. The van der Waals surface area contributed by atoms with Crippen LogP contribution in [0.25, 0.3) is 0 Å². The van der Waals surface area contributed by atoms with Gasteiger partial charge in [0.2, 0.25) is 0 Å². The number of hydrogen-bond acceptors (Lipinski definition) is 3. The number of rotatable bonds is 9. The van der Waals surface area contributed by atoms with Crippen molar-refractivity contribution in [1.82, 2.24) is 0 Å². The normalized spacial score (nSPS) is 14.2. The Balaban J connectivity index is 3.93. The lowest BCUT2D eigenvalue weighted by Crippen LogP contribution is -2.39. The summed E-state index contributed by atoms with van der Waals surface area (Å²) in [5.74, 6) is 0. The van der Waals surface area contributed by atoms with Crippen LogP contribution in [-0.2, 0) is 13.3 Å². The van der Waals surface area contributed by atoms with E-state index in [1.807, 2.05) is 13.8 Å². The molecule has 1 unspecified atom stereocenters. The van der Waals surface area contributed by atoms with Gasteiger partial charge in [-0.25, -0.2) is 0 Å². The van der Waals surface area contributed by atoms with Crippen molar-refractivity contribution in [2.75, 3.05) is 19.8 Å². The molecule has 15 heavy (non-hydrogen) atoms. The molecule has 0 aliphatic carbocycles. The summed E-state index contributed by atoms with van der Waals surface area (Å²) in [6.45, 7) is 12.9. The molecule has 3 nitrogen and oxygen atoms in total. The molecule has 0 saturated carbocycles. The fourth-order valence-corrected chi connectivity index (χ4v) is 7.68. The third-order valence-electron chi connectivity index (χ3n) is 2.36. The highest BCUT2D eigenvalue weighted by Crippen LogP contribution is 2.17. The first-order valence-corrected chi connectivity index (χ1v) is 10.9. The van der Waals surface area contributed by atoms with Crippen LogP contribution in [-0.4, -0.2) is 37.4 Å². The van der Waals surface area contributed by atoms with Gasteiger partial charge in [-0.15, -0.1) is 0 Å². The lowest BCUT2D eigenvalue weighted by molar-refractivity contribution is 0.190. The predicted octanol–water partition coefficient (Wildman–Crippen LogP) is 2.52. The summed E-state index contributed by atoms with van der Waals surface area (Å²) < 4.78 is 17.2. The molecule has 0 aromatic rings. The first kappa shape index (κ1) is 15.3. The second kappa shape index (κ2) is 8.46. The van der Waals surface area contributed by atoms with Crippen molar-refractivity contribution in [3.63, 3.8) is 0 Å². The van der Waals surface area contributed by atoms with Crippen molar-refractivity contribution in [2.24, 2.45) is 0 Å². The molecule has 1 atom stereocenters. The maximum atomic E-state index is 5.78. The second-order valence-corrected chi connectivity index (χ2v) is 9.68. The van der Waals surface area contributed by atoms with E-state index in [1.54, 1.807) is 0 Å². The predicted molar refractivity (Wildman–Crippen MR) is 69.1 cm³/mol. The Hall–Kier alpha value is 0.314. The van der Waals surface area contributed by atoms with Crippen molar-refractivity contribution in [3.8, 4) is 0 Å². The first-order valence-electron chi connectivity index (χ1n) is 5.97. The smallest absolute Gasteiger partial charge is 0.334 e. The van der Waals surface area contributed by atoms with Crippen molar-refractivity contribution in [1.29, 1.82) is 0 Å². The Morgan fingerprint density at radius 3 is 1.93 bits per heavy atom. The molecule has 0 rings (SSSR count). The minimum absolute atomic E-state index is 0.757. The van der Waals surface area contributed by atoms with Crippen molar-refractivity contribution in [3.05, 3.63) is 0 Å². The third-order valence-corrected chi connectivity index (χ3v) is 7.93. The van der Waals surface area contributed by atoms with E-state index < -0.39 is 17.6 Å². The quantitative estimate of drug-likeness (QED) is 0.589. The second-order valence-electron chi connectivity index (χ2n) is 3.80. The highest BCUT2D eigenvalue weighted by Gasteiger charge is 2.31. The van der Waals surface area contributed by atoms with Crippen LogP contribution >= 0.6 is 0 Å². The monoisotopic (exact) mass is 250 g/mol. The minimum atomic E-state index is -1.89. The van der Waals surface area contributed by atoms with E-state index in [4.69, 9.17) is 13.3 Å². The van der Waals surface area contributed by atoms with Crippen molar-refractivity contribution in [2.45, 2.75) is 46.0 Å². The summed E-state index contributed by atoms with van der Waals surface area (Å²) >= 11 is 0. The van der Waals surface area contributed by atoms with Gasteiger partial charge in [0.25, 0.3) is 0 Å². The van der Waals surface area contributed by atoms with Crippen LogP contribution in [0.15, 0.2) is 0 Å². The van der Waals surface area contributed by atoms with Gasteiger partial charge in [0, 0.05) is 19.8 Å². The van der Waals surface area contributed by atoms with E-state index in [0.717, 1.165) is 31.9 Å². The van der Waals surface area contributed by atoms with Gasteiger partial charge in [0.1, 0.15) is 0 Å². The van der Waals surface area contributed by atoms with Crippen molar-refractivity contribution >= 4 is 17.6 Å². The summed E-state index contributed by atoms with van der Waals surface area (Å²) in [5.41, 5.74) is 0. The Bertz CT molecular complexity index is 150. The van der Waals surface area contributed by atoms with Gasteiger partial charge >= 0.3 is 8.56 Å². The maximum absolute atomic E-state index is 5.78. The van der Waals surface area contributed by atoms with Gasteiger partial charge in [-0.3, -0.25) is 0 Å². The fraction of sp³-hybridized carbons (Fsp3) is 1.00. The average Bonchev–Trinajstić information content (AvgIpc) is 2.16. The van der Waals surface area contributed by atoms with Crippen LogP contribution in [0.2, 0.25) is 25.2 Å². The van der Waals surface area contributed by atoms with E-state index in [0.29, 0.717) is 0 Å². The molecule has 0 aliphatic rings. The van der Waals surface area contributed by atoms with Crippen LogP contribution in [0.4, 0.5) is 0 Å². The summed E-state index contributed by atoms with van der Waals surface area (Å²) in [4.78, 5) is 0. The van der Waals surface area contributed by atoms with E-state index >= 15 is 0 Å². The highest BCUT2D eigenvalue weighted by atomic mass is 28.4. The number of hydrogen-bond donors (Lipinski definition) is 0. The summed E-state index contributed by atoms with van der Waals surface area (Å²) in [6.07, 6.45) is 0. The van der Waals surface area contributed by atoms with Crippen molar-refractivity contribution < 1.29 is 13.3 Å². The third kappa shape index (κ3) is 7.24. The van der Waals surface area contributed by atoms with Gasteiger partial charge in [0.05, 0.1) is 0 Å². The van der Waals surface area contributed by atoms with Gasteiger partial charge in [-0.2, -0.15) is 0 Å². The molecular weight excluding hydrogens is 224 g/mol. The maximum Gasteiger partial charge on any atom is 0.334 e. The van der Waals surface area contributed by atoms with Crippen LogP contribution in [0.3, 0.4) is 0 Å². The highest BCUT2D eigenvalue weighted by molar-refractivity contribution is 6.67. The largest absolute Gasteiger partial charge is 0.421 e. The lowest BCUT2D eigenvalue weighted by atomic mass is 10.9. The molecule has 5 heteroatoms. The van der Waals surface area contributed by atoms with Gasteiger partial charge < -0.3 is 13.3 Å². The minimum Gasteiger partial charge on any atom is -0.421 e. The molecule has 0 heterocycles. The van der Waals surface area contributed by atoms with E-state index in [1.165, 1.54) is 0 Å². The Labute approximate surface area is 97.1 Å². The topological polar surface area (TPSA) is 27.7 Å². The Kier molecular flexibility index (Phi) is 8.64. The Morgan fingerprint density at radius 1 is 1.00 bits per heavy atom. The molecule has 0 spiro atoms. The zero-order valence-corrected chi connectivity index (χ0v) is 13.0. The molecule has 0 N–H and O–H groups in total. The van der Waals surface area contributed by atoms with Crippen LogP contribution in [0.1, 0.15) is 20.8 Å². The van der Waals surface area contributed by atoms with E-state index in [-0.39, 0.29) is 0 Å². The van der Waals surface area contributed by atoms with Gasteiger partial charge in [-0.1, -0.05) is 0 Å². The first-order chi connectivity index (χ1) is 7.08. The molecule has 0 saturated heterocycles. The summed E-state index contributed by atoms with van der Waals surface area (Å²) in [5, 5.41) is 0. The van der Waals surface area contributed by atoms with Gasteiger partial charge in [0.15, 0.2) is 9.04 Å². The van der Waals surface area contributed by atoms with Gasteiger partial charge in [-0.05, 0) is 46.0 Å². The molecule has 0 aromatic heterocycles. The molecular formula is C10H26O3Si2. The fourth-order valence-electron chi connectivity index (χ4n) is 1.63. The van der Waals surface area contributed by atoms with Crippen LogP contribution < -0.4 is 0 Å². The molecule has 0 fully saturated rings. The lowest BCUT2D eigenvalue weighted by Gasteiger charge is -2.26. The molecule has 0 aromatic carbocycles. The molecule has 0 aliphatic heterocycles. The zero-order valence-electron chi connectivity index (χ0n) is 10.8. The van der Waals surface area contributed by atoms with Crippen LogP contribution in [0.5, 0.6) is 0 Å². The van der Waals surface area contributed by atoms with E-state index in [9.17, 15) is 0 Å². The molecule has 0 bridgehead atoms. The average molecular weight is 250 g/mol. The summed E-state index contributed by atoms with van der Waals surface area (Å²) in [7, 11) is -2.86. The zero-order chi connectivity index (χ0) is 11.7. The molecule has 92 valence electrons. The molecule has 0 amide bonds.